The second-order valence-electron chi connectivity index (χ2n) is 5.16. The predicted molar refractivity (Wildman–Crippen MR) is 77.4 cm³/mol. The number of amides is 1. The van der Waals surface area contributed by atoms with Gasteiger partial charge in [0.2, 0.25) is 5.91 Å². The van der Waals surface area contributed by atoms with Crippen LogP contribution in [0.25, 0.3) is 0 Å². The number of nitrogens with two attached hydrogens (primary N) is 1. The van der Waals surface area contributed by atoms with Gasteiger partial charge in [-0.25, -0.2) is 0 Å². The second-order valence-corrected chi connectivity index (χ2v) is 5.16. The standard InChI is InChI=1S/C15H24N2O2/c1-11(2)17(12(3)4)9-10-19-14-7-5-13(6-8-14)15(16)18/h5-8,11-12H,9-10H2,1-4H3,(H2,16,18). The summed E-state index contributed by atoms with van der Waals surface area (Å²) >= 11 is 0. The molecule has 0 aromatic heterocycles. The summed E-state index contributed by atoms with van der Waals surface area (Å²) in [7, 11) is 0. The molecule has 2 N–H and O–H groups in total. The maximum absolute atomic E-state index is 10.9. The molecule has 0 spiro atoms. The minimum Gasteiger partial charge on any atom is -0.492 e. The Kier molecular flexibility index (Phi) is 5.83. The van der Waals surface area contributed by atoms with E-state index in [1.54, 1.807) is 24.3 Å². The Labute approximate surface area is 115 Å². The van der Waals surface area contributed by atoms with E-state index in [0.717, 1.165) is 12.3 Å². The molecule has 0 fully saturated rings. The summed E-state index contributed by atoms with van der Waals surface area (Å²) in [5.74, 6) is 0.342. The third-order valence-electron chi connectivity index (χ3n) is 3.08. The number of nitrogens with zero attached hydrogens (tertiary/aromatic N) is 1. The summed E-state index contributed by atoms with van der Waals surface area (Å²) in [6.45, 7) is 10.2. The maximum atomic E-state index is 10.9. The van der Waals surface area contributed by atoms with Crippen molar-refractivity contribution in [2.45, 2.75) is 39.8 Å². The van der Waals surface area contributed by atoms with Gasteiger partial charge in [-0.1, -0.05) is 0 Å². The number of hydrogen-bond acceptors (Lipinski definition) is 3. The van der Waals surface area contributed by atoms with Gasteiger partial charge in [-0.2, -0.15) is 0 Å². The van der Waals surface area contributed by atoms with Crippen LogP contribution in [0.2, 0.25) is 0 Å². The number of benzene rings is 1. The highest BCUT2D eigenvalue weighted by Crippen LogP contribution is 2.12. The molecule has 106 valence electrons. The molecule has 0 radical (unpaired) electrons. The quantitative estimate of drug-likeness (QED) is 0.822. The molecule has 0 aliphatic carbocycles. The lowest BCUT2D eigenvalue weighted by Crippen LogP contribution is -2.39. The average Bonchev–Trinajstić information content (AvgIpc) is 2.34. The third kappa shape index (κ3) is 4.91. The molecule has 0 atom stereocenters. The van der Waals surface area contributed by atoms with Crippen LogP contribution in [-0.2, 0) is 0 Å². The van der Waals surface area contributed by atoms with Gasteiger partial charge in [-0.3, -0.25) is 9.69 Å². The fraction of sp³-hybridized carbons (Fsp3) is 0.533. The Hall–Kier alpha value is -1.55. The zero-order chi connectivity index (χ0) is 14.4. The van der Waals surface area contributed by atoms with Crippen LogP contribution in [0, 0.1) is 0 Å². The first-order chi connectivity index (χ1) is 8.91. The van der Waals surface area contributed by atoms with E-state index < -0.39 is 5.91 Å². The number of ether oxygens (including phenoxy) is 1. The molecule has 0 saturated heterocycles. The molecule has 0 bridgehead atoms. The van der Waals surface area contributed by atoms with Crippen LogP contribution in [-0.4, -0.2) is 36.0 Å². The SMILES string of the molecule is CC(C)N(CCOc1ccc(C(N)=O)cc1)C(C)C. The van der Waals surface area contributed by atoms with Crippen molar-refractivity contribution in [3.8, 4) is 5.75 Å². The van der Waals surface area contributed by atoms with E-state index >= 15 is 0 Å². The molecule has 1 rings (SSSR count). The summed E-state index contributed by atoms with van der Waals surface area (Å²) in [5.41, 5.74) is 5.68. The van der Waals surface area contributed by atoms with E-state index in [1.807, 2.05) is 0 Å². The lowest BCUT2D eigenvalue weighted by molar-refractivity contribution is 0.1000. The number of hydrogen-bond donors (Lipinski definition) is 1. The van der Waals surface area contributed by atoms with Crippen LogP contribution in [0.1, 0.15) is 38.1 Å². The number of primary amides is 1. The zero-order valence-electron chi connectivity index (χ0n) is 12.2. The third-order valence-corrected chi connectivity index (χ3v) is 3.08. The molecular formula is C15H24N2O2. The fourth-order valence-corrected chi connectivity index (χ4v) is 2.10. The molecule has 1 aromatic carbocycles. The summed E-state index contributed by atoms with van der Waals surface area (Å²) in [6, 6.07) is 7.91. The Morgan fingerprint density at radius 2 is 1.68 bits per heavy atom. The highest BCUT2D eigenvalue weighted by molar-refractivity contribution is 5.92. The highest BCUT2D eigenvalue weighted by atomic mass is 16.5. The van der Waals surface area contributed by atoms with Crippen LogP contribution in [0.3, 0.4) is 0 Å². The zero-order valence-corrected chi connectivity index (χ0v) is 12.2. The van der Waals surface area contributed by atoms with Crippen LogP contribution in [0.5, 0.6) is 5.75 Å². The van der Waals surface area contributed by atoms with Crippen molar-refractivity contribution in [2.75, 3.05) is 13.2 Å². The smallest absolute Gasteiger partial charge is 0.248 e. The minimum atomic E-state index is -0.419. The predicted octanol–water partition coefficient (Wildman–Crippen LogP) is 2.28. The molecule has 1 aromatic rings. The lowest BCUT2D eigenvalue weighted by atomic mass is 10.2. The van der Waals surface area contributed by atoms with Crippen molar-refractivity contribution in [2.24, 2.45) is 5.73 Å². The topological polar surface area (TPSA) is 55.6 Å². The Morgan fingerprint density at radius 1 is 1.16 bits per heavy atom. The van der Waals surface area contributed by atoms with Crippen molar-refractivity contribution < 1.29 is 9.53 Å². The second kappa shape index (κ2) is 7.14. The fourth-order valence-electron chi connectivity index (χ4n) is 2.10. The summed E-state index contributed by atoms with van der Waals surface area (Å²) < 4.78 is 5.68. The molecule has 0 aliphatic rings. The van der Waals surface area contributed by atoms with Gasteiger partial charge in [0.1, 0.15) is 12.4 Å². The van der Waals surface area contributed by atoms with Gasteiger partial charge in [-0.15, -0.1) is 0 Å². The Balaban J connectivity index is 2.46. The minimum absolute atomic E-state index is 0.419. The summed E-state index contributed by atoms with van der Waals surface area (Å²) in [4.78, 5) is 13.3. The van der Waals surface area contributed by atoms with Gasteiger partial charge in [0, 0.05) is 24.2 Å². The molecule has 0 unspecified atom stereocenters. The first-order valence-electron chi connectivity index (χ1n) is 6.70. The van der Waals surface area contributed by atoms with Crippen LogP contribution in [0.15, 0.2) is 24.3 Å². The molecule has 4 heteroatoms. The molecule has 1 amide bonds. The molecule has 19 heavy (non-hydrogen) atoms. The molecule has 4 nitrogen and oxygen atoms in total. The first-order valence-corrected chi connectivity index (χ1v) is 6.70. The van der Waals surface area contributed by atoms with Crippen LogP contribution >= 0.6 is 0 Å². The molecule has 0 heterocycles. The Morgan fingerprint density at radius 3 is 2.11 bits per heavy atom. The van der Waals surface area contributed by atoms with Crippen molar-refractivity contribution in [3.05, 3.63) is 29.8 Å². The van der Waals surface area contributed by atoms with E-state index in [0.29, 0.717) is 24.3 Å². The van der Waals surface area contributed by atoms with E-state index in [-0.39, 0.29) is 0 Å². The number of rotatable bonds is 7. The number of carbonyl (C=O) groups excluding carboxylic acids is 1. The van der Waals surface area contributed by atoms with E-state index in [9.17, 15) is 4.79 Å². The molecule has 0 aliphatic heterocycles. The van der Waals surface area contributed by atoms with E-state index in [1.165, 1.54) is 0 Å². The van der Waals surface area contributed by atoms with Crippen molar-refractivity contribution in [1.82, 2.24) is 4.90 Å². The van der Waals surface area contributed by atoms with Gasteiger partial charge >= 0.3 is 0 Å². The highest BCUT2D eigenvalue weighted by Gasteiger charge is 2.12. The van der Waals surface area contributed by atoms with Gasteiger partial charge in [0.15, 0.2) is 0 Å². The van der Waals surface area contributed by atoms with Crippen molar-refractivity contribution in [3.63, 3.8) is 0 Å². The van der Waals surface area contributed by atoms with Gasteiger partial charge < -0.3 is 10.5 Å². The maximum Gasteiger partial charge on any atom is 0.248 e. The Bertz CT molecular complexity index is 391. The molecular weight excluding hydrogens is 240 g/mol. The normalized spacial score (nSPS) is 11.3. The van der Waals surface area contributed by atoms with Gasteiger partial charge in [0.25, 0.3) is 0 Å². The largest absolute Gasteiger partial charge is 0.492 e. The number of carbonyl (C=O) groups is 1. The van der Waals surface area contributed by atoms with Crippen molar-refractivity contribution in [1.29, 1.82) is 0 Å². The first kappa shape index (κ1) is 15.5. The van der Waals surface area contributed by atoms with Crippen LogP contribution < -0.4 is 10.5 Å². The average molecular weight is 264 g/mol. The monoisotopic (exact) mass is 264 g/mol. The summed E-state index contributed by atoms with van der Waals surface area (Å²) in [6.07, 6.45) is 0. The molecule has 0 saturated carbocycles. The van der Waals surface area contributed by atoms with E-state index in [4.69, 9.17) is 10.5 Å². The van der Waals surface area contributed by atoms with Gasteiger partial charge in [-0.05, 0) is 52.0 Å². The van der Waals surface area contributed by atoms with Crippen molar-refractivity contribution >= 4 is 5.91 Å². The van der Waals surface area contributed by atoms with E-state index in [2.05, 4.69) is 32.6 Å². The van der Waals surface area contributed by atoms with Gasteiger partial charge in [0.05, 0.1) is 0 Å². The lowest BCUT2D eigenvalue weighted by Gasteiger charge is -2.30. The summed E-state index contributed by atoms with van der Waals surface area (Å²) in [5, 5.41) is 0. The van der Waals surface area contributed by atoms with Crippen LogP contribution in [0.4, 0.5) is 0 Å².